The number of fused-ring (bicyclic) bond motifs is 1. The maximum absolute atomic E-state index is 13.0. The zero-order valence-electron chi connectivity index (χ0n) is 13.8. The Balaban J connectivity index is 2.05. The fourth-order valence-electron chi connectivity index (χ4n) is 2.77. The predicted molar refractivity (Wildman–Crippen MR) is 92.9 cm³/mol. The van der Waals surface area contributed by atoms with Gasteiger partial charge in [-0.2, -0.15) is 8.42 Å². The van der Waals surface area contributed by atoms with Crippen LogP contribution in [0, 0.1) is 13.8 Å². The van der Waals surface area contributed by atoms with Gasteiger partial charge in [-0.05, 0) is 32.0 Å². The lowest BCUT2D eigenvalue weighted by Crippen LogP contribution is -2.38. The van der Waals surface area contributed by atoms with Crippen LogP contribution in [0.2, 0.25) is 5.02 Å². The lowest BCUT2D eigenvalue weighted by Gasteiger charge is -2.30. The molecule has 0 saturated heterocycles. The van der Waals surface area contributed by atoms with Gasteiger partial charge in [0.15, 0.2) is 0 Å². The number of carbonyl (C=O) groups is 1. The van der Waals surface area contributed by atoms with E-state index in [1.54, 1.807) is 32.0 Å². The topological polar surface area (TPSA) is 122 Å². The number of aryl methyl sites for hydroxylation is 2. The van der Waals surface area contributed by atoms with Gasteiger partial charge < -0.3 is 9.42 Å². The Morgan fingerprint density at radius 1 is 1.42 bits per heavy atom. The highest BCUT2D eigenvalue weighted by atomic mass is 35.5. The van der Waals surface area contributed by atoms with Crippen LogP contribution in [0.3, 0.4) is 0 Å². The average molecular weight is 400 g/mol. The smallest absolute Gasteiger partial charge is 0.361 e. The van der Waals surface area contributed by atoms with Crippen molar-refractivity contribution >= 4 is 39.3 Å². The van der Waals surface area contributed by atoms with Gasteiger partial charge in [-0.25, -0.2) is 4.28 Å². The zero-order chi connectivity index (χ0) is 19.1. The Bertz CT molecular complexity index is 995. The first kappa shape index (κ1) is 18.4. The molecule has 11 heteroatoms. The number of rotatable bonds is 3. The van der Waals surface area contributed by atoms with Crippen molar-refractivity contribution in [2.45, 2.75) is 20.3 Å². The van der Waals surface area contributed by atoms with Crippen molar-refractivity contribution in [2.24, 2.45) is 5.16 Å². The molecule has 0 saturated carbocycles. The van der Waals surface area contributed by atoms with Gasteiger partial charge in [-0.15, -0.1) is 0 Å². The molecule has 1 N–H and O–H groups in total. The second-order valence-electron chi connectivity index (χ2n) is 5.61. The van der Waals surface area contributed by atoms with Crippen LogP contribution in [0.1, 0.15) is 33.8 Å². The number of hydrogen-bond acceptors (Lipinski definition) is 7. The number of oxime groups is 1. The van der Waals surface area contributed by atoms with E-state index in [-0.39, 0.29) is 24.6 Å². The molecule has 2 aromatic rings. The van der Waals surface area contributed by atoms with Crippen molar-refractivity contribution in [3.63, 3.8) is 0 Å². The standard InChI is InChI=1S/C15H14ClN3O6S/c1-8-14(9(2)24-17-8)15(20)19-6-5-12(18-25-26(21,22)23)11-4-3-10(16)7-13(11)19/h3-4,7H,5-6H2,1-2H3,(H,21,22,23)/b18-12-. The molecule has 0 unspecified atom stereocenters. The van der Waals surface area contributed by atoms with Crippen molar-refractivity contribution in [1.29, 1.82) is 0 Å². The van der Waals surface area contributed by atoms with Crippen LogP contribution in [0.15, 0.2) is 27.9 Å². The summed E-state index contributed by atoms with van der Waals surface area (Å²) in [5.74, 6) is 0.0739. The second-order valence-corrected chi connectivity index (χ2v) is 7.05. The monoisotopic (exact) mass is 399 g/mol. The number of amides is 1. The third-order valence-corrected chi connectivity index (χ3v) is 4.37. The van der Waals surface area contributed by atoms with E-state index in [1.165, 1.54) is 4.90 Å². The molecule has 1 amide bonds. The molecular weight excluding hydrogens is 386 g/mol. The summed E-state index contributed by atoms with van der Waals surface area (Å²) in [7, 11) is -4.73. The summed E-state index contributed by atoms with van der Waals surface area (Å²) in [6.07, 6.45) is 0.208. The second kappa shape index (κ2) is 6.71. The molecule has 1 aliphatic heterocycles. The summed E-state index contributed by atoms with van der Waals surface area (Å²) in [5, 5.41) is 7.66. The SMILES string of the molecule is Cc1noc(C)c1C(=O)N1CC/C(=N/OS(=O)(=O)O)c2ccc(Cl)cc21. The Hall–Kier alpha value is -2.43. The minimum Gasteiger partial charge on any atom is -0.361 e. The van der Waals surface area contributed by atoms with Crippen LogP contribution < -0.4 is 4.90 Å². The summed E-state index contributed by atoms with van der Waals surface area (Å²) in [6.45, 7) is 3.51. The molecule has 1 aromatic carbocycles. The Morgan fingerprint density at radius 3 is 2.77 bits per heavy atom. The first-order valence-corrected chi connectivity index (χ1v) is 9.19. The van der Waals surface area contributed by atoms with Gasteiger partial charge in [0.1, 0.15) is 11.3 Å². The molecule has 26 heavy (non-hydrogen) atoms. The molecule has 0 aliphatic carbocycles. The molecule has 0 bridgehead atoms. The Labute approximate surface area is 154 Å². The lowest BCUT2D eigenvalue weighted by molar-refractivity contribution is 0.0985. The van der Waals surface area contributed by atoms with E-state index in [0.717, 1.165) is 0 Å². The molecule has 3 rings (SSSR count). The summed E-state index contributed by atoms with van der Waals surface area (Å²) >= 11 is 6.06. The fourth-order valence-corrected chi connectivity index (χ4v) is 3.12. The van der Waals surface area contributed by atoms with Gasteiger partial charge in [-0.1, -0.05) is 21.9 Å². The minimum atomic E-state index is -4.73. The highest BCUT2D eigenvalue weighted by Crippen LogP contribution is 2.32. The first-order chi connectivity index (χ1) is 12.2. The predicted octanol–water partition coefficient (Wildman–Crippen LogP) is 2.52. The number of hydrogen-bond donors (Lipinski definition) is 1. The third-order valence-electron chi connectivity index (χ3n) is 3.87. The number of anilines is 1. The number of halogens is 1. The van der Waals surface area contributed by atoms with E-state index >= 15 is 0 Å². The maximum Gasteiger partial charge on any atom is 0.466 e. The van der Waals surface area contributed by atoms with Crippen LogP contribution >= 0.6 is 11.6 Å². The summed E-state index contributed by atoms with van der Waals surface area (Å²) < 4.78 is 39.4. The molecule has 0 atom stereocenters. The van der Waals surface area contributed by atoms with Gasteiger partial charge in [0.25, 0.3) is 5.91 Å². The highest BCUT2D eigenvalue weighted by molar-refractivity contribution is 7.80. The van der Waals surface area contributed by atoms with Gasteiger partial charge in [0, 0.05) is 23.6 Å². The van der Waals surface area contributed by atoms with Crippen LogP contribution in [0.4, 0.5) is 5.69 Å². The third kappa shape index (κ3) is 3.57. The lowest BCUT2D eigenvalue weighted by atomic mass is 9.98. The number of nitrogens with zero attached hydrogens (tertiary/aromatic N) is 3. The number of benzene rings is 1. The summed E-state index contributed by atoms with van der Waals surface area (Å²) in [4.78, 5) is 14.5. The van der Waals surface area contributed by atoms with E-state index in [0.29, 0.717) is 33.3 Å². The fraction of sp³-hybridized carbons (Fsp3) is 0.267. The molecule has 138 valence electrons. The molecule has 2 heterocycles. The maximum atomic E-state index is 13.0. The Kier molecular flexibility index (Phi) is 4.74. The van der Waals surface area contributed by atoms with Crippen LogP contribution in [0.5, 0.6) is 0 Å². The minimum absolute atomic E-state index is 0.198. The van der Waals surface area contributed by atoms with Gasteiger partial charge >= 0.3 is 10.4 Å². The molecule has 9 nitrogen and oxygen atoms in total. The zero-order valence-corrected chi connectivity index (χ0v) is 15.3. The molecule has 1 aromatic heterocycles. The van der Waals surface area contributed by atoms with E-state index in [2.05, 4.69) is 14.6 Å². The first-order valence-electron chi connectivity index (χ1n) is 7.45. The summed E-state index contributed by atoms with van der Waals surface area (Å²) in [5.41, 5.74) is 1.98. The van der Waals surface area contributed by atoms with Crippen molar-refractivity contribution in [3.05, 3.63) is 45.8 Å². The molecule has 0 fully saturated rings. The van der Waals surface area contributed by atoms with Gasteiger partial charge in [-0.3, -0.25) is 9.35 Å². The highest BCUT2D eigenvalue weighted by Gasteiger charge is 2.31. The van der Waals surface area contributed by atoms with Crippen LogP contribution in [-0.2, 0) is 14.7 Å². The molecule has 0 radical (unpaired) electrons. The van der Waals surface area contributed by atoms with E-state index in [9.17, 15) is 13.2 Å². The molecule has 1 aliphatic rings. The van der Waals surface area contributed by atoms with E-state index in [4.69, 9.17) is 20.7 Å². The average Bonchev–Trinajstić information content (AvgIpc) is 2.89. The van der Waals surface area contributed by atoms with Crippen molar-refractivity contribution in [2.75, 3.05) is 11.4 Å². The quantitative estimate of drug-likeness (QED) is 0.621. The van der Waals surface area contributed by atoms with Crippen LogP contribution in [-0.4, -0.2) is 36.3 Å². The van der Waals surface area contributed by atoms with Crippen molar-refractivity contribution in [1.82, 2.24) is 5.16 Å². The normalized spacial score (nSPS) is 15.8. The van der Waals surface area contributed by atoms with Gasteiger partial charge in [0.2, 0.25) is 0 Å². The number of carbonyl (C=O) groups excluding carboxylic acids is 1. The Morgan fingerprint density at radius 2 is 2.15 bits per heavy atom. The van der Waals surface area contributed by atoms with Crippen molar-refractivity contribution in [3.8, 4) is 0 Å². The summed E-state index contributed by atoms with van der Waals surface area (Å²) in [6, 6.07) is 4.74. The molecule has 0 spiro atoms. The van der Waals surface area contributed by atoms with Crippen LogP contribution in [0.25, 0.3) is 0 Å². The van der Waals surface area contributed by atoms with Crippen molar-refractivity contribution < 1.29 is 26.6 Å². The molecular formula is C15H14ClN3O6S. The number of aromatic nitrogens is 1. The van der Waals surface area contributed by atoms with E-state index in [1.807, 2.05) is 0 Å². The largest absolute Gasteiger partial charge is 0.466 e. The van der Waals surface area contributed by atoms with Gasteiger partial charge in [0.05, 0.1) is 17.1 Å². The van der Waals surface area contributed by atoms with E-state index < -0.39 is 10.4 Å².